The largest absolute Gasteiger partial charge is 0.378 e. The minimum Gasteiger partial charge on any atom is -0.378 e. The second-order valence-corrected chi connectivity index (χ2v) is 7.33. The van der Waals surface area contributed by atoms with E-state index in [1.807, 2.05) is 11.8 Å². The van der Waals surface area contributed by atoms with Crippen LogP contribution in [0.4, 0.5) is 0 Å². The summed E-state index contributed by atoms with van der Waals surface area (Å²) in [7, 11) is 0. The highest BCUT2D eigenvalue weighted by atomic mass is 32.2. The molecule has 4 atom stereocenters. The Hall–Kier alpha value is -0.470. The molecule has 2 heteroatoms. The molecule has 1 fully saturated rings. The third kappa shape index (κ3) is 3.00. The number of rotatable bonds is 3. The molecule has 104 valence electrons. The normalized spacial score (nSPS) is 34.2. The standard InChI is InChI=1S/C17H24OS/c1-12-7-8-15(9-13(12)2)18-10-14-11-19-17-6-4-3-5-16(14)17/h3-6,12-15H,7-11H2,1-2H3. The molecule has 19 heavy (non-hydrogen) atoms. The van der Waals surface area contributed by atoms with Crippen molar-refractivity contribution in [1.82, 2.24) is 0 Å². The van der Waals surface area contributed by atoms with E-state index in [1.54, 1.807) is 0 Å². The zero-order chi connectivity index (χ0) is 13.2. The molecule has 1 aromatic rings. The van der Waals surface area contributed by atoms with Crippen LogP contribution in [0.25, 0.3) is 0 Å². The Morgan fingerprint density at radius 2 is 2.00 bits per heavy atom. The molecule has 1 aliphatic carbocycles. The van der Waals surface area contributed by atoms with E-state index >= 15 is 0 Å². The van der Waals surface area contributed by atoms with Gasteiger partial charge in [0.05, 0.1) is 12.7 Å². The first-order valence-corrected chi connectivity index (χ1v) is 8.56. The molecule has 0 bridgehead atoms. The van der Waals surface area contributed by atoms with Gasteiger partial charge in [-0.25, -0.2) is 0 Å². The maximum absolute atomic E-state index is 6.23. The van der Waals surface area contributed by atoms with E-state index < -0.39 is 0 Å². The molecule has 1 aliphatic heterocycles. The summed E-state index contributed by atoms with van der Waals surface area (Å²) in [5.74, 6) is 3.50. The van der Waals surface area contributed by atoms with E-state index in [2.05, 4.69) is 38.1 Å². The Morgan fingerprint density at radius 1 is 1.16 bits per heavy atom. The number of benzene rings is 1. The van der Waals surface area contributed by atoms with Gasteiger partial charge >= 0.3 is 0 Å². The van der Waals surface area contributed by atoms with E-state index in [0.717, 1.165) is 18.4 Å². The number of thioether (sulfide) groups is 1. The molecule has 4 unspecified atom stereocenters. The van der Waals surface area contributed by atoms with Crippen molar-refractivity contribution in [2.45, 2.75) is 50.0 Å². The lowest BCUT2D eigenvalue weighted by Crippen LogP contribution is -2.28. The highest BCUT2D eigenvalue weighted by Gasteiger charge is 2.28. The second kappa shape index (κ2) is 5.88. The van der Waals surface area contributed by atoms with Crippen molar-refractivity contribution < 1.29 is 4.74 Å². The number of hydrogen-bond donors (Lipinski definition) is 0. The third-order valence-electron chi connectivity index (χ3n) is 4.88. The fourth-order valence-electron chi connectivity index (χ4n) is 3.27. The van der Waals surface area contributed by atoms with Crippen molar-refractivity contribution >= 4 is 11.8 Å². The van der Waals surface area contributed by atoms with Crippen LogP contribution in [0.15, 0.2) is 29.2 Å². The van der Waals surface area contributed by atoms with Gasteiger partial charge in [-0.3, -0.25) is 0 Å². The van der Waals surface area contributed by atoms with Gasteiger partial charge in [-0.15, -0.1) is 11.8 Å². The quantitative estimate of drug-likeness (QED) is 0.790. The van der Waals surface area contributed by atoms with E-state index in [-0.39, 0.29) is 0 Å². The maximum Gasteiger partial charge on any atom is 0.0578 e. The fraction of sp³-hybridized carbons (Fsp3) is 0.647. The first-order valence-electron chi connectivity index (χ1n) is 7.57. The highest BCUT2D eigenvalue weighted by Crippen LogP contribution is 2.40. The lowest BCUT2D eigenvalue weighted by molar-refractivity contribution is -0.00196. The summed E-state index contributed by atoms with van der Waals surface area (Å²) in [6.07, 6.45) is 4.35. The van der Waals surface area contributed by atoms with E-state index in [4.69, 9.17) is 4.74 Å². The monoisotopic (exact) mass is 276 g/mol. The lowest BCUT2D eigenvalue weighted by atomic mass is 9.80. The van der Waals surface area contributed by atoms with Crippen LogP contribution in [-0.4, -0.2) is 18.5 Å². The van der Waals surface area contributed by atoms with Crippen LogP contribution in [0.2, 0.25) is 0 Å². The van der Waals surface area contributed by atoms with Crippen LogP contribution in [0.5, 0.6) is 0 Å². The van der Waals surface area contributed by atoms with E-state index in [1.165, 1.54) is 35.5 Å². The van der Waals surface area contributed by atoms with Crippen LogP contribution in [0.1, 0.15) is 44.6 Å². The maximum atomic E-state index is 6.23. The van der Waals surface area contributed by atoms with Crippen LogP contribution in [0, 0.1) is 11.8 Å². The molecule has 1 aromatic carbocycles. The van der Waals surface area contributed by atoms with Gasteiger partial charge < -0.3 is 4.74 Å². The average molecular weight is 276 g/mol. The van der Waals surface area contributed by atoms with Crippen molar-refractivity contribution in [3.05, 3.63) is 29.8 Å². The summed E-state index contributed by atoms with van der Waals surface area (Å²) in [6, 6.07) is 8.81. The molecule has 0 amide bonds. The van der Waals surface area contributed by atoms with Crippen molar-refractivity contribution in [1.29, 1.82) is 0 Å². The van der Waals surface area contributed by atoms with Crippen molar-refractivity contribution in [3.8, 4) is 0 Å². The fourth-order valence-corrected chi connectivity index (χ4v) is 4.50. The van der Waals surface area contributed by atoms with Crippen molar-refractivity contribution in [3.63, 3.8) is 0 Å². The Kier molecular flexibility index (Phi) is 4.18. The molecule has 1 saturated carbocycles. The topological polar surface area (TPSA) is 9.23 Å². The second-order valence-electron chi connectivity index (χ2n) is 6.27. The third-order valence-corrected chi connectivity index (χ3v) is 6.13. The van der Waals surface area contributed by atoms with Gasteiger partial charge in [0.25, 0.3) is 0 Å². The molecule has 3 rings (SSSR count). The molecule has 0 aromatic heterocycles. The minimum atomic E-state index is 0.504. The molecule has 0 radical (unpaired) electrons. The summed E-state index contributed by atoms with van der Waals surface area (Å²) < 4.78 is 6.23. The first kappa shape index (κ1) is 13.5. The van der Waals surface area contributed by atoms with Gasteiger partial charge in [0, 0.05) is 16.6 Å². The number of fused-ring (bicyclic) bond motifs is 1. The Balaban J connectivity index is 1.54. The smallest absolute Gasteiger partial charge is 0.0578 e. The predicted octanol–water partition coefficient (Wildman–Crippen LogP) is 4.72. The van der Waals surface area contributed by atoms with Gasteiger partial charge in [0.15, 0.2) is 0 Å². The van der Waals surface area contributed by atoms with Crippen LogP contribution >= 0.6 is 11.8 Å². The van der Waals surface area contributed by atoms with Crippen LogP contribution in [0.3, 0.4) is 0 Å². The first-order chi connectivity index (χ1) is 9.24. The highest BCUT2D eigenvalue weighted by molar-refractivity contribution is 7.99. The summed E-state index contributed by atoms with van der Waals surface area (Å²) in [5.41, 5.74) is 1.50. The SMILES string of the molecule is CC1CCC(OCC2CSc3ccccc32)CC1C. The van der Waals surface area contributed by atoms with Gasteiger partial charge in [0.2, 0.25) is 0 Å². The molecule has 0 saturated heterocycles. The Morgan fingerprint density at radius 3 is 2.84 bits per heavy atom. The summed E-state index contributed by atoms with van der Waals surface area (Å²) in [5, 5.41) is 0. The van der Waals surface area contributed by atoms with Gasteiger partial charge in [-0.05, 0) is 42.7 Å². The Bertz CT molecular complexity index is 431. The van der Waals surface area contributed by atoms with E-state index in [9.17, 15) is 0 Å². The summed E-state index contributed by atoms with van der Waals surface area (Å²) in [4.78, 5) is 1.46. The molecular formula is C17H24OS. The van der Waals surface area contributed by atoms with Gasteiger partial charge in [0.1, 0.15) is 0 Å². The molecule has 1 heterocycles. The zero-order valence-corrected chi connectivity index (χ0v) is 12.8. The summed E-state index contributed by atoms with van der Waals surface area (Å²) in [6.45, 7) is 5.67. The predicted molar refractivity (Wildman–Crippen MR) is 81.8 cm³/mol. The molecule has 1 nitrogen and oxygen atoms in total. The molecule has 0 N–H and O–H groups in total. The zero-order valence-electron chi connectivity index (χ0n) is 12.0. The van der Waals surface area contributed by atoms with Crippen molar-refractivity contribution in [2.75, 3.05) is 12.4 Å². The van der Waals surface area contributed by atoms with Gasteiger partial charge in [-0.2, -0.15) is 0 Å². The van der Waals surface area contributed by atoms with Crippen molar-refractivity contribution in [2.24, 2.45) is 11.8 Å². The molecule has 0 spiro atoms. The lowest BCUT2D eigenvalue weighted by Gasteiger charge is -2.32. The van der Waals surface area contributed by atoms with E-state index in [0.29, 0.717) is 12.0 Å². The van der Waals surface area contributed by atoms with Crippen LogP contribution < -0.4 is 0 Å². The van der Waals surface area contributed by atoms with Gasteiger partial charge in [-0.1, -0.05) is 32.0 Å². The number of hydrogen-bond acceptors (Lipinski definition) is 2. The molecular weight excluding hydrogens is 252 g/mol. The molecule has 2 aliphatic rings. The van der Waals surface area contributed by atoms with Crippen LogP contribution in [-0.2, 0) is 4.74 Å². The number of ether oxygens (including phenoxy) is 1. The Labute approximate surface area is 121 Å². The average Bonchev–Trinajstić information content (AvgIpc) is 2.83. The summed E-state index contributed by atoms with van der Waals surface area (Å²) >= 11 is 1.98. The minimum absolute atomic E-state index is 0.504.